The summed E-state index contributed by atoms with van der Waals surface area (Å²) in [5.74, 6) is -0.310. The lowest BCUT2D eigenvalue weighted by Crippen LogP contribution is -2.14. The van der Waals surface area contributed by atoms with E-state index in [-0.39, 0.29) is 29.6 Å². The second kappa shape index (κ2) is 8.09. The molecule has 0 radical (unpaired) electrons. The first-order valence-electron chi connectivity index (χ1n) is 8.22. The molecule has 0 aliphatic rings. The lowest BCUT2D eigenvalue weighted by Gasteiger charge is -2.06. The van der Waals surface area contributed by atoms with Crippen molar-refractivity contribution in [3.8, 4) is 5.75 Å². The number of hydrogen-bond donors (Lipinski definition) is 1. The van der Waals surface area contributed by atoms with Gasteiger partial charge < -0.3 is 4.74 Å². The van der Waals surface area contributed by atoms with Crippen LogP contribution in [0.25, 0.3) is 0 Å². The maximum Gasteiger partial charge on any atom is 0.311 e. The number of rotatable bonds is 7. The Bertz CT molecular complexity index is 955. The molecule has 0 saturated carbocycles. The van der Waals surface area contributed by atoms with Crippen LogP contribution in [0.2, 0.25) is 0 Å². The van der Waals surface area contributed by atoms with Crippen LogP contribution in [0.5, 0.6) is 5.75 Å². The molecule has 0 aliphatic heterocycles. The van der Waals surface area contributed by atoms with Gasteiger partial charge in [0.25, 0.3) is 5.91 Å². The number of nitro groups is 1. The number of nitro benzene ring substituents is 1. The Morgan fingerprint density at radius 2 is 2.04 bits per heavy atom. The van der Waals surface area contributed by atoms with Crippen molar-refractivity contribution in [3.05, 3.63) is 76.1 Å². The Labute approximate surface area is 154 Å². The summed E-state index contributed by atoms with van der Waals surface area (Å²) >= 11 is 0. The fourth-order valence-corrected chi connectivity index (χ4v) is 2.45. The number of amides is 1. The predicted molar refractivity (Wildman–Crippen MR) is 97.8 cm³/mol. The van der Waals surface area contributed by atoms with Crippen molar-refractivity contribution in [3.63, 3.8) is 0 Å². The third-order valence-electron chi connectivity index (χ3n) is 3.67. The Morgan fingerprint density at radius 3 is 2.74 bits per heavy atom. The Kier molecular flexibility index (Phi) is 5.41. The molecule has 1 aromatic heterocycles. The second-order valence-corrected chi connectivity index (χ2v) is 5.58. The summed E-state index contributed by atoms with van der Waals surface area (Å²) in [7, 11) is 0. The largest absolute Gasteiger partial charge is 0.487 e. The average Bonchev–Trinajstić information content (AvgIpc) is 3.09. The first kappa shape index (κ1) is 18.1. The molecule has 3 rings (SSSR count). The topological polar surface area (TPSA) is 112 Å². The molecular formula is C18H17N5O4. The molecule has 0 aliphatic carbocycles. The maximum atomic E-state index is 12.4. The quantitative estimate of drug-likeness (QED) is 0.507. The van der Waals surface area contributed by atoms with Crippen molar-refractivity contribution < 1.29 is 14.5 Å². The smallest absolute Gasteiger partial charge is 0.311 e. The number of carbonyl (C=O) groups is 1. The summed E-state index contributed by atoms with van der Waals surface area (Å²) < 4.78 is 6.80. The fraction of sp³-hybridized carbons (Fsp3) is 0.167. The Balaban J connectivity index is 1.72. The minimum atomic E-state index is -0.589. The maximum absolute atomic E-state index is 12.4. The number of aromatic nitrogens is 3. The Morgan fingerprint density at radius 1 is 1.26 bits per heavy atom. The van der Waals surface area contributed by atoms with Gasteiger partial charge in [-0.1, -0.05) is 30.3 Å². The first-order chi connectivity index (χ1) is 13.1. The van der Waals surface area contributed by atoms with Gasteiger partial charge in [0.2, 0.25) is 5.95 Å². The van der Waals surface area contributed by atoms with Crippen molar-refractivity contribution >= 4 is 17.5 Å². The van der Waals surface area contributed by atoms with E-state index < -0.39 is 10.8 Å². The number of nitrogens with one attached hydrogen (secondary N) is 1. The number of nitrogens with zero attached hydrogens (tertiary/aromatic N) is 4. The average molecular weight is 367 g/mol. The summed E-state index contributed by atoms with van der Waals surface area (Å²) in [6.45, 7) is 2.52. The number of anilines is 1. The molecule has 138 valence electrons. The number of hydrogen-bond acceptors (Lipinski definition) is 6. The molecule has 1 amide bonds. The van der Waals surface area contributed by atoms with Crippen LogP contribution in [-0.4, -0.2) is 32.2 Å². The normalized spacial score (nSPS) is 10.4. The van der Waals surface area contributed by atoms with E-state index in [0.29, 0.717) is 6.54 Å². The van der Waals surface area contributed by atoms with E-state index in [9.17, 15) is 14.9 Å². The van der Waals surface area contributed by atoms with Crippen LogP contribution in [0, 0.1) is 10.1 Å². The van der Waals surface area contributed by atoms with Gasteiger partial charge in [0, 0.05) is 11.6 Å². The van der Waals surface area contributed by atoms with E-state index >= 15 is 0 Å². The number of carbonyl (C=O) groups excluding carboxylic acids is 1. The highest BCUT2D eigenvalue weighted by Gasteiger charge is 2.19. The molecule has 3 aromatic rings. The van der Waals surface area contributed by atoms with Crippen LogP contribution < -0.4 is 10.1 Å². The van der Waals surface area contributed by atoms with E-state index in [0.717, 1.165) is 5.56 Å². The molecule has 0 spiro atoms. The van der Waals surface area contributed by atoms with Crippen molar-refractivity contribution in [1.82, 2.24) is 14.8 Å². The van der Waals surface area contributed by atoms with Crippen LogP contribution in [-0.2, 0) is 6.54 Å². The molecule has 9 heteroatoms. The standard InChI is InChI=1S/C18H17N5O4/c1-2-27-16-9-8-14(10-15(16)23(25)26)17(24)20-18-19-12-22(21-18)11-13-6-4-3-5-7-13/h3-10,12H,2,11H2,1H3,(H,20,21,24). The lowest BCUT2D eigenvalue weighted by molar-refractivity contribution is -0.385. The van der Waals surface area contributed by atoms with Gasteiger partial charge in [-0.2, -0.15) is 0 Å². The van der Waals surface area contributed by atoms with Gasteiger partial charge in [0.05, 0.1) is 18.1 Å². The predicted octanol–water partition coefficient (Wildman–Crippen LogP) is 2.89. The third kappa shape index (κ3) is 4.46. The van der Waals surface area contributed by atoms with Gasteiger partial charge in [-0.05, 0) is 24.6 Å². The van der Waals surface area contributed by atoms with E-state index in [2.05, 4.69) is 15.4 Å². The highest BCUT2D eigenvalue weighted by Crippen LogP contribution is 2.28. The van der Waals surface area contributed by atoms with E-state index in [1.165, 1.54) is 24.5 Å². The zero-order chi connectivity index (χ0) is 19.2. The molecular weight excluding hydrogens is 350 g/mol. The SMILES string of the molecule is CCOc1ccc(C(=O)Nc2ncn(Cc3ccccc3)n2)cc1[N+](=O)[O-]. The fourth-order valence-electron chi connectivity index (χ4n) is 2.45. The molecule has 0 saturated heterocycles. The van der Waals surface area contributed by atoms with Crippen LogP contribution in [0.4, 0.5) is 11.6 Å². The molecule has 9 nitrogen and oxygen atoms in total. The minimum absolute atomic E-state index is 0.115. The number of benzene rings is 2. The van der Waals surface area contributed by atoms with Gasteiger partial charge in [-0.15, -0.1) is 5.10 Å². The highest BCUT2D eigenvalue weighted by atomic mass is 16.6. The second-order valence-electron chi connectivity index (χ2n) is 5.58. The summed E-state index contributed by atoms with van der Waals surface area (Å²) in [6.07, 6.45) is 1.50. The van der Waals surface area contributed by atoms with E-state index in [1.807, 2.05) is 30.3 Å². The highest BCUT2D eigenvalue weighted by molar-refractivity contribution is 6.03. The summed E-state index contributed by atoms with van der Waals surface area (Å²) in [5, 5.41) is 17.9. The molecule has 0 atom stereocenters. The van der Waals surface area contributed by atoms with Gasteiger partial charge in [0.15, 0.2) is 5.75 Å². The van der Waals surface area contributed by atoms with Gasteiger partial charge >= 0.3 is 5.69 Å². The Hall–Kier alpha value is -3.75. The first-order valence-corrected chi connectivity index (χ1v) is 8.22. The molecule has 0 fully saturated rings. The minimum Gasteiger partial charge on any atom is -0.487 e. The van der Waals surface area contributed by atoms with Gasteiger partial charge in [0.1, 0.15) is 6.33 Å². The molecule has 2 aromatic carbocycles. The van der Waals surface area contributed by atoms with E-state index in [4.69, 9.17) is 4.74 Å². The zero-order valence-electron chi connectivity index (χ0n) is 14.5. The zero-order valence-corrected chi connectivity index (χ0v) is 14.5. The monoisotopic (exact) mass is 367 g/mol. The van der Waals surface area contributed by atoms with E-state index in [1.54, 1.807) is 11.6 Å². The van der Waals surface area contributed by atoms with Crippen LogP contribution in [0.1, 0.15) is 22.8 Å². The van der Waals surface area contributed by atoms with Crippen LogP contribution in [0.3, 0.4) is 0 Å². The molecule has 1 N–H and O–H groups in total. The van der Waals surface area contributed by atoms with Crippen molar-refractivity contribution in [1.29, 1.82) is 0 Å². The van der Waals surface area contributed by atoms with Crippen molar-refractivity contribution in [2.24, 2.45) is 0 Å². The van der Waals surface area contributed by atoms with Crippen molar-refractivity contribution in [2.45, 2.75) is 13.5 Å². The number of ether oxygens (including phenoxy) is 1. The lowest BCUT2D eigenvalue weighted by atomic mass is 10.1. The summed E-state index contributed by atoms with van der Waals surface area (Å²) in [5.41, 5.74) is 0.888. The van der Waals surface area contributed by atoms with Crippen LogP contribution >= 0.6 is 0 Å². The molecule has 0 unspecified atom stereocenters. The van der Waals surface area contributed by atoms with Gasteiger partial charge in [-0.3, -0.25) is 20.2 Å². The summed E-state index contributed by atoms with van der Waals surface area (Å²) in [4.78, 5) is 27.0. The molecule has 27 heavy (non-hydrogen) atoms. The van der Waals surface area contributed by atoms with Crippen molar-refractivity contribution in [2.75, 3.05) is 11.9 Å². The summed E-state index contributed by atoms with van der Waals surface area (Å²) in [6, 6.07) is 13.7. The van der Waals surface area contributed by atoms with Crippen LogP contribution in [0.15, 0.2) is 54.9 Å². The molecule has 0 bridgehead atoms. The van der Waals surface area contributed by atoms with Gasteiger partial charge in [-0.25, -0.2) is 9.67 Å². The third-order valence-corrected chi connectivity index (χ3v) is 3.67. The molecule has 1 heterocycles.